The lowest BCUT2D eigenvalue weighted by molar-refractivity contribution is -0.140. The van der Waals surface area contributed by atoms with Gasteiger partial charge in [-0.15, -0.1) is 0 Å². The van der Waals surface area contributed by atoms with Crippen molar-refractivity contribution in [2.75, 3.05) is 17.1 Å². The minimum atomic E-state index is -3.74. The topological polar surface area (TPSA) is 86.8 Å². The number of carbonyl (C=O) groups is 2. The van der Waals surface area contributed by atoms with Gasteiger partial charge in [0, 0.05) is 16.6 Å². The second-order valence-electron chi connectivity index (χ2n) is 8.67. The van der Waals surface area contributed by atoms with E-state index in [0.717, 1.165) is 20.6 Å². The maximum Gasteiger partial charge on any atom is 0.244 e. The lowest BCUT2D eigenvalue weighted by Crippen LogP contribution is -2.54. The zero-order valence-electron chi connectivity index (χ0n) is 19.0. The average molecular weight is 524 g/mol. The highest BCUT2D eigenvalue weighted by Gasteiger charge is 2.31. The summed E-state index contributed by atoms with van der Waals surface area (Å²) in [5.41, 5.74) is 0.740. The molecule has 0 spiro atoms. The van der Waals surface area contributed by atoms with Crippen LogP contribution in [-0.2, 0) is 26.2 Å². The first-order valence-electron chi connectivity index (χ1n) is 10.2. The maximum absolute atomic E-state index is 13.4. The molecule has 0 heterocycles. The molecule has 2 aromatic carbocycles. The predicted octanol–water partition coefficient (Wildman–Crippen LogP) is 3.55. The molecule has 0 bridgehead atoms. The van der Waals surface area contributed by atoms with Crippen LogP contribution in [0, 0.1) is 0 Å². The van der Waals surface area contributed by atoms with Crippen LogP contribution in [0.4, 0.5) is 5.69 Å². The lowest BCUT2D eigenvalue weighted by atomic mass is 10.1. The predicted molar refractivity (Wildman–Crippen MR) is 131 cm³/mol. The largest absolute Gasteiger partial charge is 0.350 e. The van der Waals surface area contributed by atoms with Crippen LogP contribution in [0.2, 0.25) is 0 Å². The molecule has 0 unspecified atom stereocenters. The molecule has 2 aromatic rings. The third-order valence-electron chi connectivity index (χ3n) is 4.66. The molecule has 0 aromatic heterocycles. The smallest absolute Gasteiger partial charge is 0.244 e. The van der Waals surface area contributed by atoms with E-state index in [1.165, 1.54) is 4.90 Å². The van der Waals surface area contributed by atoms with Crippen LogP contribution in [-0.4, -0.2) is 49.5 Å². The molecule has 1 atom stereocenters. The zero-order valence-corrected chi connectivity index (χ0v) is 21.4. The summed E-state index contributed by atoms with van der Waals surface area (Å²) in [5, 5.41) is 2.89. The molecule has 174 valence electrons. The number of amides is 2. The second kappa shape index (κ2) is 10.5. The Labute approximate surface area is 199 Å². The van der Waals surface area contributed by atoms with Crippen molar-refractivity contribution in [2.45, 2.75) is 45.8 Å². The molecule has 0 aliphatic rings. The monoisotopic (exact) mass is 523 g/mol. The minimum absolute atomic E-state index is 0.177. The Bertz CT molecular complexity index is 1040. The normalized spacial score (nSPS) is 12.7. The maximum atomic E-state index is 13.4. The van der Waals surface area contributed by atoms with Crippen molar-refractivity contribution in [3.63, 3.8) is 0 Å². The number of rotatable bonds is 8. The number of hydrogen-bond donors (Lipinski definition) is 1. The van der Waals surface area contributed by atoms with Gasteiger partial charge in [0.05, 0.1) is 11.9 Å². The quantitative estimate of drug-likeness (QED) is 0.573. The number of nitrogens with zero attached hydrogens (tertiary/aromatic N) is 2. The van der Waals surface area contributed by atoms with Crippen LogP contribution < -0.4 is 9.62 Å². The average Bonchev–Trinajstić information content (AvgIpc) is 2.69. The van der Waals surface area contributed by atoms with Gasteiger partial charge >= 0.3 is 0 Å². The first-order chi connectivity index (χ1) is 14.8. The Morgan fingerprint density at radius 3 is 2.09 bits per heavy atom. The molecular weight excluding hydrogens is 494 g/mol. The van der Waals surface area contributed by atoms with E-state index < -0.39 is 34.1 Å². The summed E-state index contributed by atoms with van der Waals surface area (Å²) in [6.07, 6.45) is 1.06. The van der Waals surface area contributed by atoms with Crippen molar-refractivity contribution in [1.82, 2.24) is 10.2 Å². The number of benzene rings is 2. The van der Waals surface area contributed by atoms with Crippen LogP contribution >= 0.6 is 15.9 Å². The van der Waals surface area contributed by atoms with Crippen LogP contribution in [0.15, 0.2) is 59.1 Å². The van der Waals surface area contributed by atoms with E-state index >= 15 is 0 Å². The molecule has 0 saturated carbocycles. The van der Waals surface area contributed by atoms with E-state index in [9.17, 15) is 18.0 Å². The summed E-state index contributed by atoms with van der Waals surface area (Å²) in [6, 6.07) is 15.1. The molecule has 0 fully saturated rings. The highest BCUT2D eigenvalue weighted by molar-refractivity contribution is 9.10. The lowest BCUT2D eigenvalue weighted by Gasteiger charge is -2.33. The van der Waals surface area contributed by atoms with Gasteiger partial charge in [-0.05, 0) is 57.5 Å². The molecule has 32 heavy (non-hydrogen) atoms. The molecule has 2 rings (SSSR count). The fraction of sp³-hybridized carbons (Fsp3) is 0.391. The molecule has 9 heteroatoms. The van der Waals surface area contributed by atoms with E-state index in [1.807, 2.05) is 51.1 Å². The molecule has 0 aliphatic heterocycles. The van der Waals surface area contributed by atoms with Crippen LogP contribution in [0.5, 0.6) is 0 Å². The summed E-state index contributed by atoms with van der Waals surface area (Å²) in [7, 11) is -3.74. The number of sulfonamides is 1. The Balaban J connectivity index is 2.36. The summed E-state index contributed by atoms with van der Waals surface area (Å²) in [6.45, 7) is 6.99. The van der Waals surface area contributed by atoms with Crippen molar-refractivity contribution in [3.05, 3.63) is 64.6 Å². The Hall–Kier alpha value is -2.39. The van der Waals surface area contributed by atoms with E-state index in [2.05, 4.69) is 21.2 Å². The summed E-state index contributed by atoms with van der Waals surface area (Å²) in [5.74, 6) is -0.782. The van der Waals surface area contributed by atoms with Gasteiger partial charge in [-0.2, -0.15) is 0 Å². The minimum Gasteiger partial charge on any atom is -0.350 e. The Kier molecular flexibility index (Phi) is 8.47. The molecule has 7 nitrogen and oxygen atoms in total. The first-order valence-corrected chi connectivity index (χ1v) is 12.8. The number of carbonyl (C=O) groups excluding carboxylic acids is 2. The number of nitrogens with one attached hydrogen (secondary N) is 1. The fourth-order valence-electron chi connectivity index (χ4n) is 3.06. The van der Waals surface area contributed by atoms with E-state index in [1.54, 1.807) is 31.2 Å². The number of halogens is 1. The van der Waals surface area contributed by atoms with Gasteiger partial charge in [-0.25, -0.2) is 8.42 Å². The van der Waals surface area contributed by atoms with Crippen LogP contribution in [0.25, 0.3) is 0 Å². The third kappa shape index (κ3) is 7.63. The van der Waals surface area contributed by atoms with Gasteiger partial charge in [0.25, 0.3) is 0 Å². The summed E-state index contributed by atoms with van der Waals surface area (Å²) >= 11 is 3.33. The third-order valence-corrected chi connectivity index (χ3v) is 6.32. The van der Waals surface area contributed by atoms with Crippen molar-refractivity contribution in [3.8, 4) is 0 Å². The van der Waals surface area contributed by atoms with E-state index in [4.69, 9.17) is 0 Å². The SMILES string of the molecule is C[C@@H](C(=O)NC(C)(C)C)N(Cc1ccccc1)C(=O)CN(c1ccc(Br)cc1)S(C)(=O)=O. The molecular formula is C23H30BrN3O4S. The van der Waals surface area contributed by atoms with Gasteiger partial charge in [-0.1, -0.05) is 46.3 Å². The molecule has 0 aliphatic carbocycles. The van der Waals surface area contributed by atoms with Crippen LogP contribution in [0.3, 0.4) is 0 Å². The number of anilines is 1. The van der Waals surface area contributed by atoms with Gasteiger partial charge in [-0.3, -0.25) is 13.9 Å². The van der Waals surface area contributed by atoms with Crippen molar-refractivity contribution in [1.29, 1.82) is 0 Å². The van der Waals surface area contributed by atoms with Crippen molar-refractivity contribution >= 4 is 43.5 Å². The summed E-state index contributed by atoms with van der Waals surface area (Å²) < 4.78 is 26.8. The Morgan fingerprint density at radius 1 is 1.03 bits per heavy atom. The Morgan fingerprint density at radius 2 is 1.59 bits per heavy atom. The fourth-order valence-corrected chi connectivity index (χ4v) is 4.17. The molecule has 0 saturated heterocycles. The second-order valence-corrected chi connectivity index (χ2v) is 11.5. The van der Waals surface area contributed by atoms with Crippen LogP contribution in [0.1, 0.15) is 33.3 Å². The molecule has 0 radical (unpaired) electrons. The van der Waals surface area contributed by atoms with Crippen molar-refractivity contribution in [2.24, 2.45) is 0 Å². The van der Waals surface area contributed by atoms with Gasteiger partial charge < -0.3 is 10.2 Å². The first kappa shape index (κ1) is 25.9. The highest BCUT2D eigenvalue weighted by atomic mass is 79.9. The molecule has 1 N–H and O–H groups in total. The van der Waals surface area contributed by atoms with Crippen molar-refractivity contribution < 1.29 is 18.0 Å². The van der Waals surface area contributed by atoms with Gasteiger partial charge in [0.1, 0.15) is 12.6 Å². The van der Waals surface area contributed by atoms with E-state index in [-0.39, 0.29) is 12.5 Å². The zero-order chi connectivity index (χ0) is 24.1. The molecule has 2 amide bonds. The standard InChI is InChI=1S/C23H30BrN3O4S/c1-17(22(29)25-23(2,3)4)26(15-18-9-7-6-8-10-18)21(28)16-27(32(5,30)31)20-13-11-19(24)12-14-20/h6-14,17H,15-16H2,1-5H3,(H,25,29)/t17-/m0/s1. The summed E-state index contributed by atoms with van der Waals surface area (Å²) in [4.78, 5) is 27.6. The number of hydrogen-bond acceptors (Lipinski definition) is 4. The van der Waals surface area contributed by atoms with Gasteiger partial charge in [0.15, 0.2) is 0 Å². The van der Waals surface area contributed by atoms with E-state index in [0.29, 0.717) is 5.69 Å². The highest BCUT2D eigenvalue weighted by Crippen LogP contribution is 2.21. The van der Waals surface area contributed by atoms with Gasteiger partial charge in [0.2, 0.25) is 21.8 Å².